The molecule has 2 atom stereocenters. The van der Waals surface area contributed by atoms with Gasteiger partial charge in [-0.1, -0.05) is 6.92 Å². The lowest BCUT2D eigenvalue weighted by atomic mass is 10.2. The molecule has 1 saturated carbocycles. The standard InChI is InChI=1S/C11H23NOS/c1-3-14-9-5-8-12-10-6-4-7-11(10)13-2/h10-12H,3-9H2,1-2H3. The van der Waals surface area contributed by atoms with Crippen LogP contribution in [0.3, 0.4) is 0 Å². The Bertz CT molecular complexity index is 143. The van der Waals surface area contributed by atoms with Gasteiger partial charge in [0.05, 0.1) is 6.10 Å². The first-order valence-electron chi connectivity index (χ1n) is 5.72. The average Bonchev–Trinajstić information content (AvgIpc) is 2.65. The number of hydrogen-bond acceptors (Lipinski definition) is 3. The van der Waals surface area contributed by atoms with Crippen LogP contribution in [0.25, 0.3) is 0 Å². The Kier molecular flexibility index (Phi) is 6.65. The van der Waals surface area contributed by atoms with Crippen LogP contribution in [0.4, 0.5) is 0 Å². The second-order valence-corrected chi connectivity index (χ2v) is 5.21. The van der Waals surface area contributed by atoms with Gasteiger partial charge >= 0.3 is 0 Å². The maximum Gasteiger partial charge on any atom is 0.0724 e. The van der Waals surface area contributed by atoms with E-state index in [1.54, 1.807) is 0 Å². The van der Waals surface area contributed by atoms with Crippen molar-refractivity contribution < 1.29 is 4.74 Å². The molecule has 0 radical (unpaired) electrons. The Hall–Kier alpha value is 0.270. The number of nitrogens with one attached hydrogen (secondary N) is 1. The highest BCUT2D eigenvalue weighted by Gasteiger charge is 2.25. The fraction of sp³-hybridized carbons (Fsp3) is 1.00. The number of ether oxygens (including phenoxy) is 1. The van der Waals surface area contributed by atoms with Crippen molar-refractivity contribution in [2.24, 2.45) is 0 Å². The Labute approximate surface area is 92.2 Å². The first-order chi connectivity index (χ1) is 6.88. The summed E-state index contributed by atoms with van der Waals surface area (Å²) >= 11 is 2.03. The van der Waals surface area contributed by atoms with Gasteiger partial charge in [0.25, 0.3) is 0 Å². The smallest absolute Gasteiger partial charge is 0.0724 e. The fourth-order valence-electron chi connectivity index (χ4n) is 2.05. The van der Waals surface area contributed by atoms with Crippen LogP contribution >= 0.6 is 11.8 Å². The summed E-state index contributed by atoms with van der Waals surface area (Å²) in [7, 11) is 1.83. The minimum absolute atomic E-state index is 0.467. The highest BCUT2D eigenvalue weighted by Crippen LogP contribution is 2.21. The highest BCUT2D eigenvalue weighted by molar-refractivity contribution is 7.99. The Morgan fingerprint density at radius 2 is 2.29 bits per heavy atom. The van der Waals surface area contributed by atoms with Crippen molar-refractivity contribution in [1.82, 2.24) is 5.32 Å². The molecule has 2 nitrogen and oxygen atoms in total. The van der Waals surface area contributed by atoms with Crippen molar-refractivity contribution >= 4 is 11.8 Å². The van der Waals surface area contributed by atoms with Crippen LogP contribution in [-0.2, 0) is 4.74 Å². The minimum Gasteiger partial charge on any atom is -0.380 e. The topological polar surface area (TPSA) is 21.3 Å². The summed E-state index contributed by atoms with van der Waals surface area (Å²) in [6, 6.07) is 0.617. The van der Waals surface area contributed by atoms with E-state index in [1.807, 2.05) is 18.9 Å². The third kappa shape index (κ3) is 4.20. The zero-order chi connectivity index (χ0) is 10.2. The normalized spacial score (nSPS) is 27.0. The van der Waals surface area contributed by atoms with E-state index in [1.165, 1.54) is 37.2 Å². The molecule has 0 aromatic rings. The summed E-state index contributed by atoms with van der Waals surface area (Å²) in [5.41, 5.74) is 0. The van der Waals surface area contributed by atoms with Gasteiger partial charge in [0.15, 0.2) is 0 Å². The van der Waals surface area contributed by atoms with E-state index in [0.717, 1.165) is 6.54 Å². The van der Waals surface area contributed by atoms with Gasteiger partial charge < -0.3 is 10.1 Å². The Morgan fingerprint density at radius 3 is 3.00 bits per heavy atom. The summed E-state index contributed by atoms with van der Waals surface area (Å²) in [6.45, 7) is 3.37. The van der Waals surface area contributed by atoms with Crippen molar-refractivity contribution in [1.29, 1.82) is 0 Å². The number of rotatable bonds is 7. The number of thioether (sulfide) groups is 1. The molecule has 0 aromatic heterocycles. The van der Waals surface area contributed by atoms with E-state index < -0.39 is 0 Å². The van der Waals surface area contributed by atoms with Crippen molar-refractivity contribution in [2.45, 2.75) is 44.8 Å². The lowest BCUT2D eigenvalue weighted by Gasteiger charge is -2.19. The van der Waals surface area contributed by atoms with Crippen LogP contribution in [0.1, 0.15) is 32.6 Å². The summed E-state index contributed by atoms with van der Waals surface area (Å²) in [4.78, 5) is 0. The Morgan fingerprint density at radius 1 is 1.43 bits per heavy atom. The monoisotopic (exact) mass is 217 g/mol. The zero-order valence-electron chi connectivity index (χ0n) is 9.42. The molecule has 0 amide bonds. The fourth-order valence-corrected chi connectivity index (χ4v) is 2.68. The van der Waals surface area contributed by atoms with E-state index in [-0.39, 0.29) is 0 Å². The minimum atomic E-state index is 0.467. The van der Waals surface area contributed by atoms with E-state index >= 15 is 0 Å². The van der Waals surface area contributed by atoms with E-state index in [2.05, 4.69) is 12.2 Å². The third-order valence-electron chi connectivity index (χ3n) is 2.83. The van der Waals surface area contributed by atoms with Gasteiger partial charge in [-0.25, -0.2) is 0 Å². The largest absolute Gasteiger partial charge is 0.380 e. The van der Waals surface area contributed by atoms with Crippen molar-refractivity contribution in [2.75, 3.05) is 25.2 Å². The average molecular weight is 217 g/mol. The summed E-state index contributed by atoms with van der Waals surface area (Å²) in [5, 5.41) is 3.60. The molecule has 0 spiro atoms. The van der Waals surface area contributed by atoms with Gasteiger partial charge in [-0.15, -0.1) is 0 Å². The van der Waals surface area contributed by atoms with Crippen molar-refractivity contribution in [3.8, 4) is 0 Å². The quantitative estimate of drug-likeness (QED) is 0.661. The lowest BCUT2D eigenvalue weighted by Crippen LogP contribution is -2.37. The zero-order valence-corrected chi connectivity index (χ0v) is 10.2. The Balaban J connectivity index is 2.00. The van der Waals surface area contributed by atoms with Crippen LogP contribution < -0.4 is 5.32 Å². The summed E-state index contributed by atoms with van der Waals surface area (Å²) < 4.78 is 5.43. The van der Waals surface area contributed by atoms with Gasteiger partial charge in [0.2, 0.25) is 0 Å². The molecule has 1 rings (SSSR count). The molecule has 84 valence electrons. The molecule has 14 heavy (non-hydrogen) atoms. The molecule has 0 bridgehead atoms. The third-order valence-corrected chi connectivity index (χ3v) is 3.82. The van der Waals surface area contributed by atoms with E-state index in [4.69, 9.17) is 4.74 Å². The molecule has 3 heteroatoms. The van der Waals surface area contributed by atoms with Gasteiger partial charge in [0.1, 0.15) is 0 Å². The molecule has 0 aliphatic heterocycles. The molecule has 0 saturated heterocycles. The van der Waals surface area contributed by atoms with Gasteiger partial charge in [0, 0.05) is 13.2 Å². The summed E-state index contributed by atoms with van der Waals surface area (Å²) in [6.07, 6.45) is 5.59. The number of methoxy groups -OCH3 is 1. The second-order valence-electron chi connectivity index (χ2n) is 3.82. The maximum absolute atomic E-state index is 5.43. The van der Waals surface area contributed by atoms with Crippen LogP contribution in [0, 0.1) is 0 Å². The van der Waals surface area contributed by atoms with Crippen LogP contribution in [-0.4, -0.2) is 37.3 Å². The molecular formula is C11H23NOS. The molecule has 2 unspecified atom stereocenters. The van der Waals surface area contributed by atoms with Gasteiger partial charge in [-0.05, 0) is 43.7 Å². The van der Waals surface area contributed by atoms with E-state index in [9.17, 15) is 0 Å². The first-order valence-corrected chi connectivity index (χ1v) is 6.88. The predicted molar refractivity (Wildman–Crippen MR) is 64.1 cm³/mol. The number of hydrogen-bond donors (Lipinski definition) is 1. The van der Waals surface area contributed by atoms with Gasteiger partial charge in [-0.3, -0.25) is 0 Å². The molecule has 0 heterocycles. The SMILES string of the molecule is CCSCCCNC1CCCC1OC. The van der Waals surface area contributed by atoms with Crippen molar-refractivity contribution in [3.05, 3.63) is 0 Å². The maximum atomic E-state index is 5.43. The molecular weight excluding hydrogens is 194 g/mol. The molecule has 1 aliphatic carbocycles. The van der Waals surface area contributed by atoms with Crippen LogP contribution in [0.15, 0.2) is 0 Å². The lowest BCUT2D eigenvalue weighted by molar-refractivity contribution is 0.0854. The molecule has 1 fully saturated rings. The second kappa shape index (κ2) is 7.55. The first kappa shape index (κ1) is 12.3. The summed E-state index contributed by atoms with van der Waals surface area (Å²) in [5.74, 6) is 2.53. The molecule has 1 aliphatic rings. The van der Waals surface area contributed by atoms with Crippen molar-refractivity contribution in [3.63, 3.8) is 0 Å². The van der Waals surface area contributed by atoms with Crippen LogP contribution in [0.5, 0.6) is 0 Å². The van der Waals surface area contributed by atoms with Gasteiger partial charge in [-0.2, -0.15) is 11.8 Å². The van der Waals surface area contributed by atoms with Crippen LogP contribution in [0.2, 0.25) is 0 Å². The highest BCUT2D eigenvalue weighted by atomic mass is 32.2. The van der Waals surface area contributed by atoms with E-state index in [0.29, 0.717) is 12.1 Å². The molecule has 1 N–H and O–H groups in total. The predicted octanol–water partition coefficient (Wildman–Crippen LogP) is 2.29. The molecule has 0 aromatic carbocycles.